The van der Waals surface area contributed by atoms with Gasteiger partial charge in [0.1, 0.15) is 0 Å². The van der Waals surface area contributed by atoms with Gasteiger partial charge in [-0.05, 0) is 40.8 Å². The van der Waals surface area contributed by atoms with E-state index in [9.17, 15) is 5.26 Å². The van der Waals surface area contributed by atoms with Crippen LogP contribution in [0.5, 0.6) is 0 Å². The third kappa shape index (κ3) is 1.94. The number of nitrogens with one attached hydrogen (secondary N) is 1. The van der Waals surface area contributed by atoms with Crippen LogP contribution in [0.4, 0.5) is 0 Å². The Kier molecular flexibility index (Phi) is 3.01. The molecule has 0 spiro atoms. The fraction of sp³-hybridized carbons (Fsp3) is 0.250. The molecule has 1 N–H and O–H groups in total. The number of aromatic nitrogens is 1. The molecule has 4 rings (SSSR count). The van der Waals surface area contributed by atoms with Crippen molar-refractivity contribution in [1.29, 1.82) is 5.26 Å². The summed E-state index contributed by atoms with van der Waals surface area (Å²) in [5.41, 5.74) is 8.80. The summed E-state index contributed by atoms with van der Waals surface area (Å²) in [5, 5.41) is 10.6. The second kappa shape index (κ2) is 5.03. The van der Waals surface area contributed by atoms with Gasteiger partial charge in [0.2, 0.25) is 0 Å². The van der Waals surface area contributed by atoms with Crippen molar-refractivity contribution in [3.8, 4) is 6.07 Å². The fourth-order valence-corrected chi connectivity index (χ4v) is 3.71. The van der Waals surface area contributed by atoms with Crippen molar-refractivity contribution < 1.29 is 0 Å². The summed E-state index contributed by atoms with van der Waals surface area (Å²) in [4.78, 5) is 3.58. The summed E-state index contributed by atoms with van der Waals surface area (Å²) in [6.45, 7) is 2.19. The Hall–Kier alpha value is -2.53. The van der Waals surface area contributed by atoms with Crippen LogP contribution in [-0.4, -0.2) is 4.98 Å². The van der Waals surface area contributed by atoms with Gasteiger partial charge in [-0.3, -0.25) is 0 Å². The van der Waals surface area contributed by atoms with Crippen LogP contribution in [0.25, 0.3) is 10.9 Å². The molecular formula is C20H18N2. The number of nitriles is 1. The van der Waals surface area contributed by atoms with Gasteiger partial charge < -0.3 is 4.98 Å². The molecule has 1 aromatic heterocycles. The minimum atomic E-state index is 0.757. The molecule has 0 bridgehead atoms. The van der Waals surface area contributed by atoms with Gasteiger partial charge in [0.15, 0.2) is 0 Å². The minimum absolute atomic E-state index is 0.757. The second-order valence-corrected chi connectivity index (χ2v) is 6.12. The zero-order valence-electron chi connectivity index (χ0n) is 12.7. The van der Waals surface area contributed by atoms with Gasteiger partial charge in [0, 0.05) is 29.4 Å². The molecule has 0 fully saturated rings. The van der Waals surface area contributed by atoms with Crippen molar-refractivity contribution in [2.45, 2.75) is 32.6 Å². The van der Waals surface area contributed by atoms with Crippen LogP contribution in [0.2, 0.25) is 0 Å². The highest BCUT2D eigenvalue weighted by molar-refractivity contribution is 5.90. The quantitative estimate of drug-likeness (QED) is 0.579. The number of aryl methyl sites for hydroxylation is 1. The average molecular weight is 286 g/mol. The SMILES string of the molecule is CCCc1cc(C#N)cc2[nH]c3c(c12)Cc1ccccc1C3. The Balaban J connectivity index is 1.95. The van der Waals surface area contributed by atoms with E-state index in [1.54, 1.807) is 0 Å². The number of hydrogen-bond donors (Lipinski definition) is 1. The van der Waals surface area contributed by atoms with Crippen molar-refractivity contribution >= 4 is 10.9 Å². The first-order valence-corrected chi connectivity index (χ1v) is 7.93. The molecule has 0 unspecified atom stereocenters. The predicted octanol–water partition coefficient (Wildman–Crippen LogP) is 4.49. The van der Waals surface area contributed by atoms with Crippen LogP contribution >= 0.6 is 0 Å². The molecule has 1 aliphatic rings. The zero-order valence-corrected chi connectivity index (χ0v) is 12.7. The van der Waals surface area contributed by atoms with Gasteiger partial charge in [-0.2, -0.15) is 5.26 Å². The third-order valence-electron chi connectivity index (χ3n) is 4.67. The summed E-state index contributed by atoms with van der Waals surface area (Å²) < 4.78 is 0. The first-order valence-electron chi connectivity index (χ1n) is 7.93. The molecule has 1 heterocycles. The molecule has 0 radical (unpaired) electrons. The molecule has 3 aromatic rings. The number of fused-ring (bicyclic) bond motifs is 4. The van der Waals surface area contributed by atoms with Crippen molar-refractivity contribution in [1.82, 2.24) is 4.98 Å². The van der Waals surface area contributed by atoms with Crippen LogP contribution in [0.1, 0.15) is 46.9 Å². The molecule has 2 heteroatoms. The molecular weight excluding hydrogens is 268 g/mol. The minimum Gasteiger partial charge on any atom is -0.358 e. The van der Waals surface area contributed by atoms with Gasteiger partial charge >= 0.3 is 0 Å². The van der Waals surface area contributed by atoms with E-state index in [4.69, 9.17) is 0 Å². The summed E-state index contributed by atoms with van der Waals surface area (Å²) in [7, 11) is 0. The molecule has 0 saturated carbocycles. The van der Waals surface area contributed by atoms with Gasteiger partial charge in [-0.1, -0.05) is 37.6 Å². The van der Waals surface area contributed by atoms with E-state index in [1.165, 1.54) is 33.3 Å². The molecule has 1 aliphatic carbocycles. The fourth-order valence-electron chi connectivity index (χ4n) is 3.71. The smallest absolute Gasteiger partial charge is 0.0992 e. The van der Waals surface area contributed by atoms with E-state index in [2.05, 4.69) is 48.3 Å². The molecule has 108 valence electrons. The molecule has 2 nitrogen and oxygen atoms in total. The Labute approximate surface area is 130 Å². The highest BCUT2D eigenvalue weighted by Gasteiger charge is 2.21. The molecule has 0 atom stereocenters. The maximum Gasteiger partial charge on any atom is 0.0992 e. The molecule has 0 aliphatic heterocycles. The summed E-state index contributed by atoms with van der Waals surface area (Å²) in [6, 6.07) is 15.1. The largest absolute Gasteiger partial charge is 0.358 e. The van der Waals surface area contributed by atoms with Crippen LogP contribution in [0.3, 0.4) is 0 Å². The van der Waals surface area contributed by atoms with E-state index in [0.29, 0.717) is 0 Å². The Morgan fingerprint density at radius 2 is 1.91 bits per heavy atom. The van der Waals surface area contributed by atoms with Gasteiger partial charge in [0.05, 0.1) is 11.6 Å². The number of rotatable bonds is 2. The monoisotopic (exact) mass is 286 g/mol. The van der Waals surface area contributed by atoms with Crippen LogP contribution in [0, 0.1) is 11.3 Å². The summed E-state index contributed by atoms with van der Waals surface area (Å²) in [6.07, 6.45) is 4.08. The van der Waals surface area contributed by atoms with Crippen LogP contribution in [0.15, 0.2) is 36.4 Å². The lowest BCUT2D eigenvalue weighted by atomic mass is 9.87. The Bertz CT molecular complexity index is 909. The van der Waals surface area contributed by atoms with E-state index in [1.807, 2.05) is 6.07 Å². The third-order valence-corrected chi connectivity index (χ3v) is 4.67. The highest BCUT2D eigenvalue weighted by Crippen LogP contribution is 2.35. The average Bonchev–Trinajstić information content (AvgIpc) is 2.90. The maximum absolute atomic E-state index is 9.27. The number of benzene rings is 2. The van der Waals surface area contributed by atoms with Crippen LogP contribution < -0.4 is 0 Å². The topological polar surface area (TPSA) is 39.6 Å². The van der Waals surface area contributed by atoms with E-state index in [-0.39, 0.29) is 0 Å². The number of hydrogen-bond acceptors (Lipinski definition) is 1. The highest BCUT2D eigenvalue weighted by atomic mass is 14.7. The number of H-pyrrole nitrogens is 1. The van der Waals surface area contributed by atoms with Crippen molar-refractivity contribution in [3.63, 3.8) is 0 Å². The van der Waals surface area contributed by atoms with Crippen molar-refractivity contribution in [2.24, 2.45) is 0 Å². The molecule has 0 amide bonds. The van der Waals surface area contributed by atoms with Crippen LogP contribution in [-0.2, 0) is 19.3 Å². The number of nitrogens with zero attached hydrogens (tertiary/aromatic N) is 1. The lowest BCUT2D eigenvalue weighted by Crippen LogP contribution is -2.06. The second-order valence-electron chi connectivity index (χ2n) is 6.12. The van der Waals surface area contributed by atoms with Gasteiger partial charge in [0.25, 0.3) is 0 Å². The first kappa shape index (κ1) is 13.2. The van der Waals surface area contributed by atoms with Crippen molar-refractivity contribution in [3.05, 3.63) is 69.9 Å². The normalized spacial score (nSPS) is 12.7. The predicted molar refractivity (Wildman–Crippen MR) is 89.1 cm³/mol. The lowest BCUT2D eigenvalue weighted by Gasteiger charge is -2.17. The lowest BCUT2D eigenvalue weighted by molar-refractivity contribution is 0.926. The molecule has 0 saturated heterocycles. The number of aromatic amines is 1. The van der Waals surface area contributed by atoms with E-state index < -0.39 is 0 Å². The zero-order chi connectivity index (χ0) is 15.1. The first-order chi connectivity index (χ1) is 10.8. The Morgan fingerprint density at radius 3 is 2.64 bits per heavy atom. The standard InChI is InChI=1S/C20H18N2/c1-2-5-16-8-13(12-21)9-19-20(16)17-10-14-6-3-4-7-15(14)11-18(17)22-19/h3-4,6-9,22H,2,5,10-11H2,1H3. The van der Waals surface area contributed by atoms with E-state index >= 15 is 0 Å². The van der Waals surface area contributed by atoms with Crippen molar-refractivity contribution in [2.75, 3.05) is 0 Å². The van der Waals surface area contributed by atoms with Gasteiger partial charge in [-0.25, -0.2) is 0 Å². The summed E-state index contributed by atoms with van der Waals surface area (Å²) in [5.74, 6) is 0. The molecule has 22 heavy (non-hydrogen) atoms. The van der Waals surface area contributed by atoms with E-state index in [0.717, 1.165) is 36.8 Å². The Morgan fingerprint density at radius 1 is 1.14 bits per heavy atom. The van der Waals surface area contributed by atoms with Gasteiger partial charge in [-0.15, -0.1) is 0 Å². The summed E-state index contributed by atoms with van der Waals surface area (Å²) >= 11 is 0. The maximum atomic E-state index is 9.27. The molecule has 2 aromatic carbocycles.